The van der Waals surface area contributed by atoms with E-state index in [4.69, 9.17) is 21.5 Å². The van der Waals surface area contributed by atoms with Gasteiger partial charge in [-0.1, -0.05) is 5.11 Å². The van der Waals surface area contributed by atoms with Gasteiger partial charge < -0.3 is 15.9 Å². The summed E-state index contributed by atoms with van der Waals surface area (Å²) in [5.41, 5.74) is 13.4. The Morgan fingerprint density at radius 2 is 2.13 bits per heavy atom. The van der Waals surface area contributed by atoms with E-state index in [2.05, 4.69) is 10.0 Å². The minimum Gasteiger partial charge on any atom is -0.481 e. The van der Waals surface area contributed by atoms with Crippen molar-refractivity contribution >= 4 is 11.9 Å². The largest absolute Gasteiger partial charge is 0.481 e. The molecule has 0 bridgehead atoms. The summed E-state index contributed by atoms with van der Waals surface area (Å²) in [5.74, 6) is -4.28. The zero-order valence-electron chi connectivity index (χ0n) is 7.65. The van der Waals surface area contributed by atoms with Gasteiger partial charge in [0, 0.05) is 17.4 Å². The Hall–Kier alpha value is -1.79. The number of hydrogen-bond acceptors (Lipinski definition) is 4. The molecule has 0 aromatic rings. The zero-order valence-corrected chi connectivity index (χ0v) is 7.65. The second-order valence-corrected chi connectivity index (χ2v) is 3.38. The lowest BCUT2D eigenvalue weighted by molar-refractivity contribution is -0.140. The monoisotopic (exact) mass is 214 g/mol. The van der Waals surface area contributed by atoms with Gasteiger partial charge in [0.2, 0.25) is 0 Å². The average molecular weight is 214 g/mol. The van der Waals surface area contributed by atoms with Crippen molar-refractivity contribution in [3.8, 4) is 0 Å². The molecular weight excluding hydrogens is 204 g/mol. The summed E-state index contributed by atoms with van der Waals surface area (Å²) >= 11 is 0. The summed E-state index contributed by atoms with van der Waals surface area (Å²) in [6, 6.07) is -1.22. The van der Waals surface area contributed by atoms with E-state index in [9.17, 15) is 9.59 Å². The van der Waals surface area contributed by atoms with Crippen molar-refractivity contribution in [3.05, 3.63) is 10.4 Å². The topological polar surface area (TPSA) is 149 Å². The molecule has 8 nitrogen and oxygen atoms in total. The van der Waals surface area contributed by atoms with Gasteiger partial charge in [-0.05, 0) is 11.4 Å². The van der Waals surface area contributed by atoms with E-state index in [-0.39, 0.29) is 6.54 Å². The molecule has 82 valence electrons. The minimum atomic E-state index is -1.24. The number of aliphatic carboxylic acids is 2. The van der Waals surface area contributed by atoms with Gasteiger partial charge in [0.25, 0.3) is 0 Å². The molecule has 4 unspecified atom stereocenters. The standard InChI is InChI=1S/C7H10N4O4/c8-5(7(14)15)3-2(1-10-11-9)4(3)6(12)13/h2-5H,1,8H2,(H,12,13)(H,14,15). The Bertz CT molecular complexity index is 338. The molecular formula is C7H10N4O4. The zero-order chi connectivity index (χ0) is 11.6. The number of carboxylic acids is 2. The van der Waals surface area contributed by atoms with Gasteiger partial charge in [-0.25, -0.2) is 0 Å². The summed E-state index contributed by atoms with van der Waals surface area (Å²) in [7, 11) is 0. The molecule has 0 aromatic carbocycles. The lowest BCUT2D eigenvalue weighted by Gasteiger charge is -2.03. The molecule has 1 fully saturated rings. The van der Waals surface area contributed by atoms with Crippen molar-refractivity contribution < 1.29 is 19.8 Å². The van der Waals surface area contributed by atoms with Crippen molar-refractivity contribution in [1.82, 2.24) is 0 Å². The third kappa shape index (κ3) is 2.17. The van der Waals surface area contributed by atoms with Gasteiger partial charge in [0.05, 0.1) is 5.92 Å². The molecule has 1 aliphatic rings. The fourth-order valence-corrected chi connectivity index (χ4v) is 1.77. The molecule has 4 N–H and O–H groups in total. The van der Waals surface area contributed by atoms with Crippen LogP contribution < -0.4 is 5.73 Å². The highest BCUT2D eigenvalue weighted by Gasteiger charge is 2.58. The van der Waals surface area contributed by atoms with Gasteiger partial charge in [0.15, 0.2) is 0 Å². The summed E-state index contributed by atoms with van der Waals surface area (Å²) in [4.78, 5) is 23.7. The predicted octanol–water partition coefficient (Wildman–Crippen LogP) is -0.345. The van der Waals surface area contributed by atoms with Crippen molar-refractivity contribution in [1.29, 1.82) is 0 Å². The van der Waals surface area contributed by atoms with Crippen LogP contribution in [0.15, 0.2) is 5.11 Å². The van der Waals surface area contributed by atoms with Gasteiger partial charge in [0.1, 0.15) is 6.04 Å². The van der Waals surface area contributed by atoms with E-state index in [0.717, 1.165) is 0 Å². The van der Waals surface area contributed by atoms with Crippen LogP contribution in [0.4, 0.5) is 0 Å². The maximum absolute atomic E-state index is 10.7. The highest BCUT2D eigenvalue weighted by atomic mass is 16.4. The number of carbonyl (C=O) groups is 2. The Morgan fingerprint density at radius 3 is 2.53 bits per heavy atom. The summed E-state index contributed by atoms with van der Waals surface area (Å²) in [6.45, 7) is -0.0287. The van der Waals surface area contributed by atoms with E-state index in [1.165, 1.54) is 0 Å². The first-order valence-electron chi connectivity index (χ1n) is 4.22. The molecule has 1 saturated carbocycles. The van der Waals surface area contributed by atoms with Crippen LogP contribution in [0.5, 0.6) is 0 Å². The molecule has 1 rings (SSSR count). The third-order valence-electron chi connectivity index (χ3n) is 2.57. The van der Waals surface area contributed by atoms with Gasteiger partial charge in [-0.3, -0.25) is 9.59 Å². The van der Waals surface area contributed by atoms with E-state index < -0.39 is 35.7 Å². The van der Waals surface area contributed by atoms with Crippen molar-refractivity contribution in [2.45, 2.75) is 6.04 Å². The number of hydrogen-bond donors (Lipinski definition) is 3. The van der Waals surface area contributed by atoms with E-state index in [1.807, 2.05) is 0 Å². The Kier molecular flexibility index (Phi) is 3.13. The summed E-state index contributed by atoms with van der Waals surface area (Å²) < 4.78 is 0. The van der Waals surface area contributed by atoms with Crippen LogP contribution in [0, 0.1) is 17.8 Å². The molecule has 1 aliphatic carbocycles. The average Bonchev–Trinajstić information content (AvgIpc) is 2.87. The van der Waals surface area contributed by atoms with Crippen molar-refractivity contribution in [3.63, 3.8) is 0 Å². The van der Waals surface area contributed by atoms with E-state index >= 15 is 0 Å². The van der Waals surface area contributed by atoms with Crippen LogP contribution in [0.3, 0.4) is 0 Å². The van der Waals surface area contributed by atoms with Crippen molar-refractivity contribution in [2.75, 3.05) is 6.54 Å². The molecule has 0 amide bonds. The Morgan fingerprint density at radius 1 is 1.53 bits per heavy atom. The highest BCUT2D eigenvalue weighted by molar-refractivity contribution is 5.80. The quantitative estimate of drug-likeness (QED) is 0.325. The molecule has 0 saturated heterocycles. The summed E-state index contributed by atoms with van der Waals surface area (Å²) in [6.07, 6.45) is 0. The fourth-order valence-electron chi connectivity index (χ4n) is 1.77. The highest BCUT2D eigenvalue weighted by Crippen LogP contribution is 2.48. The Labute approximate surface area is 84.3 Å². The number of nitrogens with zero attached hydrogens (tertiary/aromatic N) is 3. The molecule has 0 spiro atoms. The second kappa shape index (κ2) is 4.16. The second-order valence-electron chi connectivity index (χ2n) is 3.38. The number of nitrogens with two attached hydrogens (primary N) is 1. The van der Waals surface area contributed by atoms with Gasteiger partial charge in [-0.15, -0.1) is 0 Å². The third-order valence-corrected chi connectivity index (χ3v) is 2.57. The maximum Gasteiger partial charge on any atom is 0.320 e. The first kappa shape index (κ1) is 11.3. The number of rotatable bonds is 5. The predicted molar refractivity (Wildman–Crippen MR) is 47.7 cm³/mol. The van der Waals surface area contributed by atoms with E-state index in [1.54, 1.807) is 0 Å². The van der Waals surface area contributed by atoms with Crippen LogP contribution in [0.1, 0.15) is 0 Å². The SMILES string of the molecule is [N-]=[N+]=NCC1C(C(=O)O)C1C(N)C(=O)O. The van der Waals surface area contributed by atoms with E-state index in [0.29, 0.717) is 0 Å². The normalized spacial score (nSPS) is 30.1. The Balaban J connectivity index is 2.68. The maximum atomic E-state index is 10.7. The lowest BCUT2D eigenvalue weighted by Crippen LogP contribution is -2.34. The van der Waals surface area contributed by atoms with Gasteiger partial charge in [-0.2, -0.15) is 0 Å². The van der Waals surface area contributed by atoms with Crippen LogP contribution >= 0.6 is 0 Å². The van der Waals surface area contributed by atoms with Crippen molar-refractivity contribution in [2.24, 2.45) is 28.6 Å². The van der Waals surface area contributed by atoms with Crippen LogP contribution in [0.2, 0.25) is 0 Å². The smallest absolute Gasteiger partial charge is 0.320 e. The lowest BCUT2D eigenvalue weighted by atomic mass is 10.1. The minimum absolute atomic E-state index is 0.0287. The molecule has 0 heterocycles. The fraction of sp³-hybridized carbons (Fsp3) is 0.714. The summed E-state index contributed by atoms with van der Waals surface area (Å²) in [5, 5.41) is 20.6. The molecule has 8 heteroatoms. The number of carboxylic acid groups (broad SMARTS) is 2. The first-order valence-corrected chi connectivity index (χ1v) is 4.22. The number of azide groups is 1. The van der Waals surface area contributed by atoms with Crippen LogP contribution in [-0.2, 0) is 9.59 Å². The molecule has 15 heavy (non-hydrogen) atoms. The van der Waals surface area contributed by atoms with Crippen LogP contribution in [0.25, 0.3) is 10.4 Å². The first-order chi connectivity index (χ1) is 7.00. The van der Waals surface area contributed by atoms with Gasteiger partial charge >= 0.3 is 11.9 Å². The molecule has 0 aliphatic heterocycles. The molecule has 0 aromatic heterocycles. The molecule has 4 atom stereocenters. The van der Waals surface area contributed by atoms with Crippen LogP contribution in [-0.4, -0.2) is 34.7 Å². The molecule has 0 radical (unpaired) electrons.